The van der Waals surface area contributed by atoms with Crippen LogP contribution in [0.4, 0.5) is 0 Å². The van der Waals surface area contributed by atoms with Gasteiger partial charge >= 0.3 is 5.97 Å². The molecule has 4 heteroatoms. The van der Waals surface area contributed by atoms with Crippen molar-refractivity contribution < 1.29 is 19.0 Å². The molecule has 0 amide bonds. The summed E-state index contributed by atoms with van der Waals surface area (Å²) in [7, 11) is 1.67. The van der Waals surface area contributed by atoms with Crippen molar-refractivity contribution in [1.82, 2.24) is 0 Å². The predicted molar refractivity (Wildman–Crippen MR) is 95.6 cm³/mol. The molecule has 1 heterocycles. The van der Waals surface area contributed by atoms with E-state index in [1.54, 1.807) is 7.11 Å². The molecule has 0 unspecified atom stereocenters. The molecule has 0 bridgehead atoms. The number of carbonyl (C=O) groups is 1. The number of carbonyl (C=O) groups excluding carboxylic acids is 1. The molecule has 0 fully saturated rings. The minimum absolute atomic E-state index is 0.0451. The lowest BCUT2D eigenvalue weighted by Gasteiger charge is -2.47. The van der Waals surface area contributed by atoms with Crippen molar-refractivity contribution in [3.63, 3.8) is 0 Å². The summed E-state index contributed by atoms with van der Waals surface area (Å²) in [6, 6.07) is 6.05. The van der Waals surface area contributed by atoms with Crippen LogP contribution in [0.2, 0.25) is 0 Å². The second-order valence-electron chi connectivity index (χ2n) is 7.32. The second-order valence-corrected chi connectivity index (χ2v) is 7.32. The quantitative estimate of drug-likeness (QED) is 0.753. The van der Waals surface area contributed by atoms with E-state index >= 15 is 0 Å². The maximum absolute atomic E-state index is 11.5. The number of hydrogen-bond donors (Lipinski definition) is 0. The number of methoxy groups -OCH3 is 1. The summed E-state index contributed by atoms with van der Waals surface area (Å²) < 4.78 is 17.1. The van der Waals surface area contributed by atoms with E-state index in [1.165, 1.54) is 29.2 Å². The first-order valence-corrected chi connectivity index (χ1v) is 8.94. The molecule has 2 aliphatic carbocycles. The molecule has 1 aromatic carbocycles. The van der Waals surface area contributed by atoms with Gasteiger partial charge in [0, 0.05) is 24.0 Å². The first-order valence-electron chi connectivity index (χ1n) is 8.94. The average Bonchev–Trinajstić information content (AvgIpc) is 2.61. The van der Waals surface area contributed by atoms with Crippen molar-refractivity contribution in [3.05, 3.63) is 41.0 Å². The van der Waals surface area contributed by atoms with Crippen LogP contribution in [-0.4, -0.2) is 25.8 Å². The van der Waals surface area contributed by atoms with Gasteiger partial charge in [-0.1, -0.05) is 13.0 Å². The van der Waals surface area contributed by atoms with Crippen LogP contribution in [0.25, 0.3) is 5.57 Å². The number of allylic oxidation sites excluding steroid dienone is 2. The van der Waals surface area contributed by atoms with Crippen molar-refractivity contribution in [2.24, 2.45) is 5.41 Å². The van der Waals surface area contributed by atoms with Gasteiger partial charge in [0.2, 0.25) is 0 Å². The Morgan fingerprint density at radius 2 is 2.16 bits per heavy atom. The Hall–Kier alpha value is -2.23. The van der Waals surface area contributed by atoms with Gasteiger partial charge in [0.1, 0.15) is 24.2 Å². The molecular formula is C21H24O4. The van der Waals surface area contributed by atoms with E-state index in [1.807, 2.05) is 12.1 Å². The Balaban J connectivity index is 1.76. The fourth-order valence-corrected chi connectivity index (χ4v) is 4.57. The van der Waals surface area contributed by atoms with Crippen molar-refractivity contribution in [2.45, 2.75) is 45.6 Å². The van der Waals surface area contributed by atoms with E-state index in [9.17, 15) is 4.79 Å². The minimum Gasteiger partial charge on any atom is -0.497 e. The van der Waals surface area contributed by atoms with Crippen molar-refractivity contribution in [3.8, 4) is 11.5 Å². The van der Waals surface area contributed by atoms with Crippen LogP contribution >= 0.6 is 0 Å². The van der Waals surface area contributed by atoms with Gasteiger partial charge < -0.3 is 14.2 Å². The third-order valence-corrected chi connectivity index (χ3v) is 5.88. The molecule has 1 aliphatic heterocycles. The number of ether oxygens (including phenoxy) is 3. The average molecular weight is 340 g/mol. The zero-order chi connectivity index (χ0) is 17.6. The standard InChI is InChI=1S/C21H24O4/c1-13(22)25-20-6-4-5-18-17-12-24-19-11-14(23-3)7-8-16(19)15(17)9-10-21(18,20)2/h5,7-8,11,20H,4,6,9-10,12H2,1-3H3/t20-,21+/m0/s1. The topological polar surface area (TPSA) is 44.8 Å². The lowest BCUT2D eigenvalue weighted by atomic mass is 9.61. The summed E-state index contributed by atoms with van der Waals surface area (Å²) in [5.74, 6) is 1.52. The summed E-state index contributed by atoms with van der Waals surface area (Å²) in [4.78, 5) is 11.5. The molecule has 3 aliphatic rings. The van der Waals surface area contributed by atoms with Crippen LogP contribution in [0, 0.1) is 5.41 Å². The van der Waals surface area contributed by atoms with Gasteiger partial charge in [0.25, 0.3) is 0 Å². The highest BCUT2D eigenvalue weighted by atomic mass is 16.5. The maximum atomic E-state index is 11.5. The molecule has 1 aromatic rings. The first-order chi connectivity index (χ1) is 12.0. The van der Waals surface area contributed by atoms with Crippen LogP contribution in [0.15, 0.2) is 35.4 Å². The zero-order valence-corrected chi connectivity index (χ0v) is 15.1. The van der Waals surface area contributed by atoms with Crippen molar-refractivity contribution in [2.75, 3.05) is 13.7 Å². The lowest BCUT2D eigenvalue weighted by Crippen LogP contribution is -2.43. The van der Waals surface area contributed by atoms with Gasteiger partial charge in [-0.3, -0.25) is 4.79 Å². The highest BCUT2D eigenvalue weighted by molar-refractivity contribution is 5.80. The monoisotopic (exact) mass is 340 g/mol. The van der Waals surface area contributed by atoms with Gasteiger partial charge in [0.05, 0.1) is 7.11 Å². The molecule has 4 rings (SSSR count). The Labute approximate surface area is 148 Å². The number of fused-ring (bicyclic) bond motifs is 4. The number of rotatable bonds is 2. The molecule has 0 saturated carbocycles. The third kappa shape index (κ3) is 2.55. The second kappa shape index (κ2) is 5.94. The lowest BCUT2D eigenvalue weighted by molar-refractivity contribution is -0.152. The largest absolute Gasteiger partial charge is 0.497 e. The molecule has 0 spiro atoms. The van der Waals surface area contributed by atoms with Gasteiger partial charge in [-0.15, -0.1) is 0 Å². The number of esters is 1. The fraction of sp³-hybridized carbons (Fsp3) is 0.476. The smallest absolute Gasteiger partial charge is 0.302 e. The van der Waals surface area contributed by atoms with Gasteiger partial charge in [-0.05, 0) is 54.5 Å². The number of benzene rings is 1. The molecule has 2 atom stereocenters. The van der Waals surface area contributed by atoms with E-state index in [2.05, 4.69) is 19.1 Å². The Morgan fingerprint density at radius 1 is 1.32 bits per heavy atom. The predicted octanol–water partition coefficient (Wildman–Crippen LogP) is 4.29. The summed E-state index contributed by atoms with van der Waals surface area (Å²) in [6.45, 7) is 4.31. The zero-order valence-electron chi connectivity index (χ0n) is 15.1. The van der Waals surface area contributed by atoms with Crippen LogP contribution in [-0.2, 0) is 9.53 Å². The normalized spacial score (nSPS) is 27.3. The number of hydrogen-bond acceptors (Lipinski definition) is 4. The molecular weight excluding hydrogens is 316 g/mol. The van der Waals surface area contributed by atoms with Crippen LogP contribution in [0.3, 0.4) is 0 Å². The molecule has 0 aromatic heterocycles. The minimum atomic E-state index is -0.190. The van der Waals surface area contributed by atoms with E-state index in [0.29, 0.717) is 6.61 Å². The van der Waals surface area contributed by atoms with Gasteiger partial charge in [-0.2, -0.15) is 0 Å². The maximum Gasteiger partial charge on any atom is 0.302 e. The molecule has 25 heavy (non-hydrogen) atoms. The fourth-order valence-electron chi connectivity index (χ4n) is 4.57. The molecule has 4 nitrogen and oxygen atoms in total. The highest BCUT2D eigenvalue weighted by Crippen LogP contribution is 2.54. The van der Waals surface area contributed by atoms with E-state index < -0.39 is 0 Å². The molecule has 0 radical (unpaired) electrons. The van der Waals surface area contributed by atoms with Gasteiger partial charge in [0.15, 0.2) is 0 Å². The molecule has 0 N–H and O–H groups in total. The van der Waals surface area contributed by atoms with Gasteiger partial charge in [-0.25, -0.2) is 0 Å². The highest BCUT2D eigenvalue weighted by Gasteiger charge is 2.46. The SMILES string of the molecule is COc1ccc2c(c1)OCC1=C2CC[C@]2(C)C1=CCC[C@@H]2OC(C)=O. The Bertz CT molecular complexity index is 789. The Morgan fingerprint density at radius 3 is 2.92 bits per heavy atom. The first kappa shape index (κ1) is 16.2. The summed E-state index contributed by atoms with van der Waals surface area (Å²) in [6.07, 6.45) is 6.08. The Kier molecular flexibility index (Phi) is 3.86. The van der Waals surface area contributed by atoms with Crippen LogP contribution < -0.4 is 9.47 Å². The van der Waals surface area contributed by atoms with Crippen molar-refractivity contribution >= 4 is 11.5 Å². The molecule has 132 valence electrons. The third-order valence-electron chi connectivity index (χ3n) is 5.88. The van der Waals surface area contributed by atoms with Crippen molar-refractivity contribution in [1.29, 1.82) is 0 Å². The van der Waals surface area contributed by atoms with Crippen LogP contribution in [0.1, 0.15) is 45.1 Å². The van der Waals surface area contributed by atoms with E-state index in [4.69, 9.17) is 14.2 Å². The summed E-state index contributed by atoms with van der Waals surface area (Å²) in [5, 5.41) is 0. The summed E-state index contributed by atoms with van der Waals surface area (Å²) >= 11 is 0. The van der Waals surface area contributed by atoms with E-state index in [0.717, 1.165) is 37.2 Å². The summed E-state index contributed by atoms with van der Waals surface area (Å²) in [5.41, 5.74) is 5.02. The molecule has 0 saturated heterocycles. The van der Waals surface area contributed by atoms with Crippen LogP contribution in [0.5, 0.6) is 11.5 Å². The van der Waals surface area contributed by atoms with E-state index in [-0.39, 0.29) is 17.5 Å².